The van der Waals surface area contributed by atoms with Crippen LogP contribution in [0.15, 0.2) is 12.1 Å². The van der Waals surface area contributed by atoms with Gasteiger partial charge >= 0.3 is 5.69 Å². The lowest BCUT2D eigenvalue weighted by Gasteiger charge is -2.05. The third kappa shape index (κ3) is 2.74. The number of nitrogens with zero attached hydrogens (tertiary/aromatic N) is 1. The Morgan fingerprint density at radius 2 is 2.18 bits per heavy atom. The summed E-state index contributed by atoms with van der Waals surface area (Å²) in [7, 11) is 0. The Morgan fingerprint density at radius 3 is 2.71 bits per heavy atom. The normalized spacial score (nSPS) is 16.6. The van der Waals surface area contributed by atoms with Crippen molar-refractivity contribution in [2.45, 2.75) is 33.3 Å². The van der Waals surface area contributed by atoms with Crippen molar-refractivity contribution in [2.75, 3.05) is 6.61 Å². The first kappa shape index (κ1) is 13.4. The monoisotopic (exact) mass is 239 g/mol. The van der Waals surface area contributed by atoms with E-state index in [2.05, 4.69) is 0 Å². The summed E-state index contributed by atoms with van der Waals surface area (Å²) in [6.45, 7) is 5.68. The number of hydrogen-bond donors (Lipinski definition) is 1. The minimum Gasteiger partial charge on any atom is -0.481 e. The molecule has 1 heterocycles. The van der Waals surface area contributed by atoms with Crippen molar-refractivity contribution in [2.24, 2.45) is 0 Å². The molecule has 0 aliphatic carbocycles. The minimum absolute atomic E-state index is 0.0130. The highest BCUT2D eigenvalue weighted by Gasteiger charge is 2.30. The molecule has 1 aliphatic rings. The number of fused-ring (bicyclic) bond motifs is 1. The molecular formula is C12H17NO4. The lowest BCUT2D eigenvalue weighted by atomic mass is 10.1. The average molecular weight is 239 g/mol. The number of aryl methyl sites for hydroxylation is 1. The van der Waals surface area contributed by atoms with E-state index in [1.807, 2.05) is 19.9 Å². The van der Waals surface area contributed by atoms with Crippen LogP contribution >= 0.6 is 0 Å². The molecule has 0 spiro atoms. The summed E-state index contributed by atoms with van der Waals surface area (Å²) in [6, 6.07) is 3.34. The second-order valence-corrected chi connectivity index (χ2v) is 3.66. The van der Waals surface area contributed by atoms with Gasteiger partial charge < -0.3 is 9.84 Å². The van der Waals surface area contributed by atoms with Gasteiger partial charge in [0.05, 0.1) is 11.5 Å². The zero-order valence-electron chi connectivity index (χ0n) is 10.3. The average Bonchev–Trinajstić information content (AvgIpc) is 2.73. The third-order valence-electron chi connectivity index (χ3n) is 2.42. The predicted molar refractivity (Wildman–Crippen MR) is 64.4 cm³/mol. The number of nitro groups is 1. The molecule has 94 valence electrons. The molecule has 0 saturated carbocycles. The van der Waals surface area contributed by atoms with E-state index in [0.29, 0.717) is 12.2 Å². The van der Waals surface area contributed by atoms with E-state index in [1.54, 1.807) is 6.92 Å². The Kier molecular flexibility index (Phi) is 4.45. The van der Waals surface area contributed by atoms with Crippen molar-refractivity contribution in [3.05, 3.63) is 33.4 Å². The molecule has 17 heavy (non-hydrogen) atoms. The van der Waals surface area contributed by atoms with E-state index in [9.17, 15) is 10.1 Å². The molecule has 0 bridgehead atoms. The zero-order valence-corrected chi connectivity index (χ0v) is 10.3. The second-order valence-electron chi connectivity index (χ2n) is 3.66. The maximum atomic E-state index is 10.8. The van der Waals surface area contributed by atoms with Gasteiger partial charge in [-0.2, -0.15) is 0 Å². The van der Waals surface area contributed by atoms with E-state index in [4.69, 9.17) is 9.84 Å². The Bertz CT molecular complexity index is 417. The number of benzene rings is 1. The molecule has 1 aliphatic heterocycles. The fourth-order valence-corrected chi connectivity index (χ4v) is 1.81. The van der Waals surface area contributed by atoms with Gasteiger partial charge in [0.15, 0.2) is 0 Å². The first-order valence-corrected chi connectivity index (χ1v) is 5.67. The van der Waals surface area contributed by atoms with Crippen LogP contribution in [0, 0.1) is 17.0 Å². The number of ether oxygens (including phenoxy) is 1. The topological polar surface area (TPSA) is 72.6 Å². The largest absolute Gasteiger partial charge is 0.481 e. The van der Waals surface area contributed by atoms with Gasteiger partial charge in [-0.1, -0.05) is 19.9 Å². The Labute approximate surface area is 100 Å². The fourth-order valence-electron chi connectivity index (χ4n) is 1.81. The van der Waals surface area contributed by atoms with Crippen molar-refractivity contribution in [1.29, 1.82) is 0 Å². The quantitative estimate of drug-likeness (QED) is 0.634. The number of hydrogen-bond acceptors (Lipinski definition) is 4. The Hall–Kier alpha value is -1.62. The summed E-state index contributed by atoms with van der Waals surface area (Å²) in [5, 5.41) is 19.7. The van der Waals surface area contributed by atoms with E-state index in [1.165, 1.54) is 6.07 Å². The van der Waals surface area contributed by atoms with Crippen molar-refractivity contribution >= 4 is 5.69 Å². The Morgan fingerprint density at radius 1 is 1.53 bits per heavy atom. The van der Waals surface area contributed by atoms with Gasteiger partial charge in [0, 0.05) is 18.1 Å². The maximum absolute atomic E-state index is 10.8. The number of aliphatic hydroxyl groups is 1. The van der Waals surface area contributed by atoms with Crippen molar-refractivity contribution in [1.82, 2.24) is 0 Å². The molecule has 1 atom stereocenters. The number of rotatable bonds is 2. The molecule has 1 unspecified atom stereocenters. The second kappa shape index (κ2) is 5.63. The summed E-state index contributed by atoms with van der Waals surface area (Å²) in [6.07, 6.45) is 0.189. The standard InChI is InChI=1S/C10H11NO4.C2H6/c1-6-2-7-4-8(5-12)15-10(7)9(3-6)11(13)14;1-2/h2-3,8,12H,4-5H2,1H3;1-2H3. The molecule has 1 aromatic rings. The number of aliphatic hydroxyl groups excluding tert-OH is 1. The summed E-state index contributed by atoms with van der Waals surface area (Å²) in [4.78, 5) is 10.3. The van der Waals surface area contributed by atoms with Crippen LogP contribution in [0.4, 0.5) is 5.69 Å². The van der Waals surface area contributed by atoms with Gasteiger partial charge in [-0.15, -0.1) is 0 Å². The lowest BCUT2D eigenvalue weighted by molar-refractivity contribution is -0.385. The molecule has 5 heteroatoms. The molecule has 2 rings (SSSR count). The smallest absolute Gasteiger partial charge is 0.311 e. The highest BCUT2D eigenvalue weighted by atomic mass is 16.6. The molecular weight excluding hydrogens is 222 g/mol. The van der Waals surface area contributed by atoms with Crippen LogP contribution in [-0.4, -0.2) is 22.7 Å². The van der Waals surface area contributed by atoms with Crippen LogP contribution in [0.5, 0.6) is 5.75 Å². The maximum Gasteiger partial charge on any atom is 0.311 e. The van der Waals surface area contributed by atoms with Crippen LogP contribution < -0.4 is 4.74 Å². The van der Waals surface area contributed by atoms with Gasteiger partial charge in [-0.3, -0.25) is 10.1 Å². The van der Waals surface area contributed by atoms with Crippen LogP contribution in [0.1, 0.15) is 25.0 Å². The van der Waals surface area contributed by atoms with Crippen LogP contribution in [0.25, 0.3) is 0 Å². The van der Waals surface area contributed by atoms with Crippen molar-refractivity contribution < 1.29 is 14.8 Å². The lowest BCUT2D eigenvalue weighted by Crippen LogP contribution is -2.17. The van der Waals surface area contributed by atoms with E-state index in [0.717, 1.165) is 11.1 Å². The fraction of sp³-hybridized carbons (Fsp3) is 0.500. The van der Waals surface area contributed by atoms with Gasteiger partial charge in [0.2, 0.25) is 5.75 Å². The Balaban J connectivity index is 0.000000686. The van der Waals surface area contributed by atoms with Crippen molar-refractivity contribution in [3.63, 3.8) is 0 Å². The van der Waals surface area contributed by atoms with E-state index in [-0.39, 0.29) is 18.4 Å². The first-order valence-electron chi connectivity index (χ1n) is 5.67. The van der Waals surface area contributed by atoms with Crippen molar-refractivity contribution in [3.8, 4) is 5.75 Å². The predicted octanol–water partition coefficient (Wildman–Crippen LogP) is 2.23. The van der Waals surface area contributed by atoms with E-state index < -0.39 is 4.92 Å². The minimum atomic E-state index is -0.453. The van der Waals surface area contributed by atoms with E-state index >= 15 is 0 Å². The SMILES string of the molecule is CC.Cc1cc2c(c([N+](=O)[O-])c1)OC(CO)C2. The molecule has 0 radical (unpaired) electrons. The van der Waals surface area contributed by atoms with Crippen LogP contribution in [0.2, 0.25) is 0 Å². The third-order valence-corrected chi connectivity index (χ3v) is 2.42. The van der Waals surface area contributed by atoms with Gasteiger partial charge in [-0.25, -0.2) is 0 Å². The summed E-state index contributed by atoms with van der Waals surface area (Å²) in [5.74, 6) is 0.310. The summed E-state index contributed by atoms with van der Waals surface area (Å²) < 4.78 is 5.31. The molecule has 1 aromatic carbocycles. The molecule has 5 nitrogen and oxygen atoms in total. The molecule has 1 N–H and O–H groups in total. The molecule has 0 saturated heterocycles. The van der Waals surface area contributed by atoms with Crippen LogP contribution in [-0.2, 0) is 6.42 Å². The van der Waals surface area contributed by atoms with Gasteiger partial charge in [0.1, 0.15) is 6.10 Å². The van der Waals surface area contributed by atoms with Crippen LogP contribution in [0.3, 0.4) is 0 Å². The van der Waals surface area contributed by atoms with Gasteiger partial charge in [0.25, 0.3) is 0 Å². The first-order chi connectivity index (χ1) is 8.11. The zero-order chi connectivity index (χ0) is 13.0. The summed E-state index contributed by atoms with van der Waals surface area (Å²) >= 11 is 0. The van der Waals surface area contributed by atoms with Gasteiger partial charge in [-0.05, 0) is 12.5 Å². The molecule has 0 fully saturated rings. The molecule has 0 aromatic heterocycles. The summed E-state index contributed by atoms with van der Waals surface area (Å²) in [5.41, 5.74) is 1.63. The molecule has 0 amide bonds. The highest BCUT2D eigenvalue weighted by Crippen LogP contribution is 2.38. The number of nitro benzene ring substituents is 1. The highest BCUT2D eigenvalue weighted by molar-refractivity contribution is 5.56.